The Morgan fingerprint density at radius 1 is 1.24 bits per heavy atom. The molecule has 0 aromatic heterocycles. The van der Waals surface area contributed by atoms with Gasteiger partial charge in [-0.1, -0.05) is 23.8 Å². The molecule has 1 unspecified atom stereocenters. The topological polar surface area (TPSA) is 55.8 Å². The second-order valence-electron chi connectivity index (χ2n) is 7.04. The monoisotopic (exact) mass is 343 g/mol. The lowest BCUT2D eigenvalue weighted by atomic mass is 9.79. The lowest BCUT2D eigenvalue weighted by molar-refractivity contribution is -0.192. The number of hydroxylamine groups is 2. The van der Waals surface area contributed by atoms with E-state index in [0.717, 1.165) is 22.3 Å². The van der Waals surface area contributed by atoms with Gasteiger partial charge in [0.05, 0.1) is 6.61 Å². The number of piperidine rings is 1. The molecule has 0 bridgehead atoms. The summed E-state index contributed by atoms with van der Waals surface area (Å²) in [4.78, 5) is 31.3. The molecule has 0 radical (unpaired) electrons. The minimum Gasteiger partial charge on any atom is -0.450 e. The third kappa shape index (κ3) is 3.14. The maximum absolute atomic E-state index is 13.2. The summed E-state index contributed by atoms with van der Waals surface area (Å²) in [6, 6.07) is 4.03. The van der Waals surface area contributed by atoms with Gasteiger partial charge in [0.25, 0.3) is 0 Å². The summed E-state index contributed by atoms with van der Waals surface area (Å²) < 4.78 is 5.67. The first-order valence-corrected chi connectivity index (χ1v) is 8.71. The van der Waals surface area contributed by atoms with E-state index < -0.39 is 17.5 Å². The number of ether oxygens (including phenoxy) is 1. The van der Waals surface area contributed by atoms with E-state index >= 15 is 0 Å². The molecule has 2 fully saturated rings. The fraction of sp³-hybridized carbons (Fsp3) is 0.500. The van der Waals surface area contributed by atoms with E-state index in [0.29, 0.717) is 32.5 Å². The SMILES string of the molecule is C=CCON1CCC2(CC1)OC(=O)C(c1c(C)cc(C)cc1C)C2=O. The number of benzene rings is 1. The van der Waals surface area contributed by atoms with Crippen molar-refractivity contribution >= 4 is 11.8 Å². The van der Waals surface area contributed by atoms with Crippen LogP contribution in [-0.4, -0.2) is 42.1 Å². The molecule has 5 nitrogen and oxygen atoms in total. The van der Waals surface area contributed by atoms with Gasteiger partial charge in [-0.15, -0.1) is 6.58 Å². The van der Waals surface area contributed by atoms with E-state index in [2.05, 4.69) is 6.58 Å². The molecule has 0 N–H and O–H groups in total. The Kier molecular flexibility index (Phi) is 4.80. The first kappa shape index (κ1) is 17.8. The number of aryl methyl sites for hydroxylation is 3. The summed E-state index contributed by atoms with van der Waals surface area (Å²) in [6.45, 7) is 11.1. The van der Waals surface area contributed by atoms with Crippen LogP contribution in [0.5, 0.6) is 0 Å². The van der Waals surface area contributed by atoms with Gasteiger partial charge in [-0.25, -0.2) is 0 Å². The first-order valence-electron chi connectivity index (χ1n) is 8.71. The molecule has 1 spiro atoms. The molecule has 3 rings (SSSR count). The Bertz CT molecular complexity index is 693. The fourth-order valence-corrected chi connectivity index (χ4v) is 4.05. The zero-order valence-electron chi connectivity index (χ0n) is 15.1. The molecule has 2 saturated heterocycles. The number of ketones is 1. The molecule has 1 atom stereocenters. The summed E-state index contributed by atoms with van der Waals surface area (Å²) >= 11 is 0. The quantitative estimate of drug-likeness (QED) is 0.478. The van der Waals surface area contributed by atoms with E-state index in [4.69, 9.17) is 9.57 Å². The normalized spacial score (nSPS) is 23.1. The zero-order chi connectivity index (χ0) is 18.2. The van der Waals surface area contributed by atoms with Crippen LogP contribution in [0, 0.1) is 20.8 Å². The van der Waals surface area contributed by atoms with E-state index in [1.807, 2.05) is 38.0 Å². The van der Waals surface area contributed by atoms with Gasteiger partial charge in [0.1, 0.15) is 5.92 Å². The van der Waals surface area contributed by atoms with Crippen LogP contribution in [0.1, 0.15) is 41.0 Å². The van der Waals surface area contributed by atoms with Gasteiger partial charge in [0.2, 0.25) is 0 Å². The number of rotatable bonds is 4. The highest BCUT2D eigenvalue weighted by Crippen LogP contribution is 2.42. The Labute approximate surface area is 148 Å². The highest BCUT2D eigenvalue weighted by Gasteiger charge is 2.57. The van der Waals surface area contributed by atoms with Gasteiger partial charge in [0.15, 0.2) is 11.4 Å². The molecular formula is C20H25NO4. The lowest BCUT2D eigenvalue weighted by Gasteiger charge is -2.35. The van der Waals surface area contributed by atoms with Gasteiger partial charge in [-0.3, -0.25) is 14.4 Å². The number of carbonyl (C=O) groups is 2. The highest BCUT2D eigenvalue weighted by atomic mass is 16.7. The fourth-order valence-electron chi connectivity index (χ4n) is 4.05. The van der Waals surface area contributed by atoms with Gasteiger partial charge < -0.3 is 4.74 Å². The van der Waals surface area contributed by atoms with Crippen LogP contribution in [0.15, 0.2) is 24.8 Å². The van der Waals surface area contributed by atoms with Crippen LogP contribution >= 0.6 is 0 Å². The van der Waals surface area contributed by atoms with Crippen LogP contribution in [0.3, 0.4) is 0 Å². The zero-order valence-corrected chi connectivity index (χ0v) is 15.1. The lowest BCUT2D eigenvalue weighted by Crippen LogP contribution is -2.48. The molecule has 25 heavy (non-hydrogen) atoms. The molecule has 0 amide bonds. The number of hydrogen-bond acceptors (Lipinski definition) is 5. The van der Waals surface area contributed by atoms with Crippen molar-refractivity contribution in [2.75, 3.05) is 19.7 Å². The van der Waals surface area contributed by atoms with Crippen LogP contribution in [0.25, 0.3) is 0 Å². The maximum atomic E-state index is 13.2. The average molecular weight is 343 g/mol. The third-order valence-electron chi connectivity index (χ3n) is 5.17. The number of carbonyl (C=O) groups excluding carboxylic acids is 2. The molecular weight excluding hydrogens is 318 g/mol. The minimum absolute atomic E-state index is 0.101. The van der Waals surface area contributed by atoms with Crippen molar-refractivity contribution in [1.29, 1.82) is 0 Å². The Morgan fingerprint density at radius 2 is 1.84 bits per heavy atom. The smallest absolute Gasteiger partial charge is 0.322 e. The molecule has 2 aliphatic heterocycles. The van der Waals surface area contributed by atoms with Crippen LogP contribution in [0.4, 0.5) is 0 Å². The van der Waals surface area contributed by atoms with Crippen molar-refractivity contribution in [2.45, 2.75) is 45.1 Å². The second-order valence-corrected chi connectivity index (χ2v) is 7.04. The van der Waals surface area contributed by atoms with E-state index in [1.165, 1.54) is 0 Å². The summed E-state index contributed by atoms with van der Waals surface area (Å²) in [7, 11) is 0. The van der Waals surface area contributed by atoms with E-state index in [-0.39, 0.29) is 5.78 Å². The molecule has 1 aromatic rings. The largest absolute Gasteiger partial charge is 0.450 e. The Morgan fingerprint density at radius 3 is 2.40 bits per heavy atom. The standard InChI is InChI=1S/C20H25NO4/c1-5-10-24-21-8-6-20(7-9-21)18(22)17(19(23)25-20)16-14(3)11-13(2)12-15(16)4/h5,11-12,17H,1,6-10H2,2-4H3. The van der Waals surface area contributed by atoms with Gasteiger partial charge in [-0.2, -0.15) is 5.06 Å². The number of esters is 1. The van der Waals surface area contributed by atoms with Crippen molar-refractivity contribution < 1.29 is 19.2 Å². The molecule has 2 heterocycles. The molecule has 2 aliphatic rings. The van der Waals surface area contributed by atoms with Gasteiger partial charge in [-0.05, 0) is 37.5 Å². The predicted molar refractivity (Wildman–Crippen MR) is 94.2 cm³/mol. The Balaban J connectivity index is 1.83. The van der Waals surface area contributed by atoms with Crippen molar-refractivity contribution in [3.63, 3.8) is 0 Å². The first-order chi connectivity index (χ1) is 11.9. The third-order valence-corrected chi connectivity index (χ3v) is 5.17. The molecule has 5 heteroatoms. The van der Waals surface area contributed by atoms with Crippen LogP contribution in [0.2, 0.25) is 0 Å². The molecule has 0 aliphatic carbocycles. The molecule has 134 valence electrons. The van der Waals surface area contributed by atoms with Crippen LogP contribution in [-0.2, 0) is 19.2 Å². The van der Waals surface area contributed by atoms with Crippen molar-refractivity contribution in [3.05, 3.63) is 47.0 Å². The van der Waals surface area contributed by atoms with Crippen LogP contribution < -0.4 is 0 Å². The van der Waals surface area contributed by atoms with Crippen molar-refractivity contribution in [3.8, 4) is 0 Å². The van der Waals surface area contributed by atoms with Gasteiger partial charge in [0, 0.05) is 25.9 Å². The van der Waals surface area contributed by atoms with Crippen molar-refractivity contribution in [2.24, 2.45) is 0 Å². The molecule has 0 saturated carbocycles. The average Bonchev–Trinajstić information content (AvgIpc) is 2.78. The van der Waals surface area contributed by atoms with Gasteiger partial charge >= 0.3 is 5.97 Å². The summed E-state index contributed by atoms with van der Waals surface area (Å²) in [5.41, 5.74) is 2.87. The predicted octanol–water partition coefficient (Wildman–Crippen LogP) is 2.77. The Hall–Kier alpha value is -1.98. The van der Waals surface area contributed by atoms with E-state index in [9.17, 15) is 9.59 Å². The number of nitrogens with zero attached hydrogens (tertiary/aromatic N) is 1. The summed E-state index contributed by atoms with van der Waals surface area (Å²) in [5.74, 6) is -1.32. The highest BCUT2D eigenvalue weighted by molar-refractivity contribution is 6.14. The number of hydrogen-bond donors (Lipinski definition) is 0. The minimum atomic E-state index is -1.00. The number of Topliss-reactive ketones (excluding diaryl/α,β-unsaturated/α-hetero) is 1. The maximum Gasteiger partial charge on any atom is 0.322 e. The van der Waals surface area contributed by atoms with Crippen molar-refractivity contribution in [1.82, 2.24) is 5.06 Å². The molecule has 1 aromatic carbocycles. The second kappa shape index (κ2) is 6.73. The van der Waals surface area contributed by atoms with E-state index in [1.54, 1.807) is 6.08 Å². The summed E-state index contributed by atoms with van der Waals surface area (Å²) in [5, 5.41) is 1.81. The summed E-state index contributed by atoms with van der Waals surface area (Å²) in [6.07, 6.45) is 2.62.